The van der Waals surface area contributed by atoms with Gasteiger partial charge < -0.3 is 14.4 Å². The summed E-state index contributed by atoms with van der Waals surface area (Å²) in [6.45, 7) is 1.39. The zero-order valence-electron chi connectivity index (χ0n) is 14.2. The highest BCUT2D eigenvalue weighted by molar-refractivity contribution is 5.78. The molecule has 3 rings (SSSR count). The molecule has 1 aromatic heterocycles. The van der Waals surface area contributed by atoms with Gasteiger partial charge >= 0.3 is 0 Å². The second-order valence-electron chi connectivity index (χ2n) is 6.19. The quantitative estimate of drug-likeness (QED) is 0.808. The number of ether oxygens (including phenoxy) is 2. The molecule has 0 aliphatic carbocycles. The van der Waals surface area contributed by atoms with Gasteiger partial charge in [-0.2, -0.15) is 0 Å². The highest BCUT2D eigenvalue weighted by Crippen LogP contribution is 2.27. The first-order chi connectivity index (χ1) is 12.1. The van der Waals surface area contributed by atoms with E-state index in [1.54, 1.807) is 30.3 Å². The van der Waals surface area contributed by atoms with Crippen LogP contribution in [0.5, 0.6) is 5.75 Å². The van der Waals surface area contributed by atoms with Gasteiger partial charge in [-0.05, 0) is 42.8 Å². The van der Waals surface area contributed by atoms with E-state index in [0.29, 0.717) is 31.9 Å². The number of carbonyl (C=O) groups excluding carboxylic acids is 1. The molecule has 1 fully saturated rings. The van der Waals surface area contributed by atoms with Crippen molar-refractivity contribution < 1.29 is 18.7 Å². The number of likely N-dealkylation sites (tertiary alicyclic amines) is 1. The fourth-order valence-corrected chi connectivity index (χ4v) is 2.92. The molecule has 0 radical (unpaired) electrons. The third kappa shape index (κ3) is 4.33. The maximum Gasteiger partial charge on any atom is 0.228 e. The largest absolute Gasteiger partial charge is 0.491 e. The molecule has 132 valence electrons. The van der Waals surface area contributed by atoms with E-state index >= 15 is 0 Å². The summed E-state index contributed by atoms with van der Waals surface area (Å²) in [5.41, 5.74) is 0.207. The number of nitrogens with zero attached hydrogens (tertiary/aromatic N) is 2. The van der Waals surface area contributed by atoms with Crippen molar-refractivity contribution in [3.05, 3.63) is 60.2 Å². The van der Waals surface area contributed by atoms with E-state index in [0.717, 1.165) is 5.69 Å². The lowest BCUT2D eigenvalue weighted by atomic mass is 10.0. The molecular formula is C19H21FN2O3. The number of aromatic nitrogens is 1. The number of halogens is 1. The van der Waals surface area contributed by atoms with E-state index in [1.807, 2.05) is 18.2 Å². The van der Waals surface area contributed by atoms with Crippen LogP contribution in [0.1, 0.15) is 12.1 Å². The van der Waals surface area contributed by atoms with Gasteiger partial charge in [0.1, 0.15) is 23.8 Å². The van der Waals surface area contributed by atoms with Crippen molar-refractivity contribution in [2.45, 2.75) is 18.4 Å². The van der Waals surface area contributed by atoms with Crippen molar-refractivity contribution in [1.82, 2.24) is 9.88 Å². The molecule has 1 aliphatic heterocycles. The molecule has 0 spiro atoms. The lowest BCUT2D eigenvalue weighted by Gasteiger charge is -2.28. The average molecular weight is 344 g/mol. The summed E-state index contributed by atoms with van der Waals surface area (Å²) in [4.78, 5) is 18.5. The smallest absolute Gasteiger partial charge is 0.228 e. The number of carbonyl (C=O) groups is 1. The second-order valence-corrected chi connectivity index (χ2v) is 6.19. The van der Waals surface area contributed by atoms with Gasteiger partial charge in [0.25, 0.3) is 0 Å². The van der Waals surface area contributed by atoms with Gasteiger partial charge in [0.2, 0.25) is 5.91 Å². The van der Waals surface area contributed by atoms with Crippen molar-refractivity contribution in [2.24, 2.45) is 0 Å². The molecule has 0 N–H and O–H groups in total. The zero-order valence-corrected chi connectivity index (χ0v) is 14.2. The second kappa shape index (κ2) is 7.61. The number of amides is 1. The molecule has 25 heavy (non-hydrogen) atoms. The molecule has 0 bridgehead atoms. The Morgan fingerprint density at radius 1 is 1.28 bits per heavy atom. The molecule has 5 nitrogen and oxygen atoms in total. The van der Waals surface area contributed by atoms with E-state index in [1.165, 1.54) is 12.1 Å². The highest BCUT2D eigenvalue weighted by Gasteiger charge is 2.41. The van der Waals surface area contributed by atoms with Crippen LogP contribution in [0.25, 0.3) is 0 Å². The normalized spacial score (nSPS) is 19.8. The van der Waals surface area contributed by atoms with Crippen molar-refractivity contribution in [2.75, 3.05) is 26.8 Å². The Labute approximate surface area is 146 Å². The summed E-state index contributed by atoms with van der Waals surface area (Å²) in [6.07, 6.45) is 2.65. The fourth-order valence-electron chi connectivity index (χ4n) is 2.92. The number of rotatable bonds is 6. The van der Waals surface area contributed by atoms with Crippen LogP contribution in [0.4, 0.5) is 4.39 Å². The lowest BCUT2D eigenvalue weighted by molar-refractivity contribution is -0.131. The van der Waals surface area contributed by atoms with Crippen LogP contribution in [0, 0.1) is 5.82 Å². The van der Waals surface area contributed by atoms with Crippen molar-refractivity contribution in [3.63, 3.8) is 0 Å². The number of benzene rings is 1. The van der Waals surface area contributed by atoms with E-state index < -0.39 is 5.60 Å². The standard InChI is InChI=1S/C19H21FN2O3/c1-24-19(14-25-17-7-5-15(20)6-8-17)9-11-22(13-19)18(23)12-16-4-2-3-10-21-16/h2-8,10H,9,11-14H2,1H3. The minimum atomic E-state index is -0.547. The molecule has 1 unspecified atom stereocenters. The Bertz CT molecular complexity index is 708. The number of pyridine rings is 1. The Hall–Kier alpha value is -2.47. The Balaban J connectivity index is 1.58. The van der Waals surface area contributed by atoms with Gasteiger partial charge in [0.15, 0.2) is 0 Å². The first kappa shape index (κ1) is 17.4. The summed E-state index contributed by atoms with van der Waals surface area (Å²) in [6, 6.07) is 11.4. The number of hydrogen-bond donors (Lipinski definition) is 0. The first-order valence-corrected chi connectivity index (χ1v) is 8.21. The van der Waals surface area contributed by atoms with Gasteiger partial charge in [-0.25, -0.2) is 4.39 Å². The minimum Gasteiger partial charge on any atom is -0.491 e. The summed E-state index contributed by atoms with van der Waals surface area (Å²) in [5.74, 6) is 0.302. The molecule has 1 amide bonds. The van der Waals surface area contributed by atoms with Crippen LogP contribution >= 0.6 is 0 Å². The van der Waals surface area contributed by atoms with Crippen LogP contribution in [0.2, 0.25) is 0 Å². The number of hydrogen-bond acceptors (Lipinski definition) is 4. The highest BCUT2D eigenvalue weighted by atomic mass is 19.1. The molecule has 2 aromatic rings. The molecule has 0 saturated carbocycles. The molecule has 2 heterocycles. The summed E-state index contributed by atoms with van der Waals surface area (Å²) >= 11 is 0. The summed E-state index contributed by atoms with van der Waals surface area (Å²) < 4.78 is 24.4. The third-order valence-electron chi connectivity index (χ3n) is 4.48. The van der Waals surface area contributed by atoms with E-state index in [9.17, 15) is 9.18 Å². The fraction of sp³-hybridized carbons (Fsp3) is 0.368. The molecule has 1 aliphatic rings. The topological polar surface area (TPSA) is 51.7 Å². The summed E-state index contributed by atoms with van der Waals surface area (Å²) in [7, 11) is 1.63. The van der Waals surface area contributed by atoms with Crippen LogP contribution < -0.4 is 4.74 Å². The minimum absolute atomic E-state index is 0.0272. The first-order valence-electron chi connectivity index (χ1n) is 8.21. The predicted molar refractivity (Wildman–Crippen MR) is 90.8 cm³/mol. The monoisotopic (exact) mass is 344 g/mol. The Morgan fingerprint density at radius 2 is 2.08 bits per heavy atom. The van der Waals surface area contributed by atoms with Crippen LogP contribution in [0.3, 0.4) is 0 Å². The lowest BCUT2D eigenvalue weighted by Crippen LogP contribution is -2.42. The molecule has 1 aromatic carbocycles. The molecule has 6 heteroatoms. The van der Waals surface area contributed by atoms with Crippen molar-refractivity contribution in [1.29, 1.82) is 0 Å². The van der Waals surface area contributed by atoms with Gasteiger partial charge in [0.05, 0.1) is 13.0 Å². The van der Waals surface area contributed by atoms with Crippen molar-refractivity contribution >= 4 is 5.91 Å². The van der Waals surface area contributed by atoms with Gasteiger partial charge in [0, 0.05) is 25.5 Å². The molecule has 1 atom stereocenters. The molecule has 1 saturated heterocycles. The van der Waals surface area contributed by atoms with Gasteiger partial charge in [-0.15, -0.1) is 0 Å². The van der Waals surface area contributed by atoms with Crippen LogP contribution in [-0.2, 0) is 16.0 Å². The third-order valence-corrected chi connectivity index (χ3v) is 4.48. The van der Waals surface area contributed by atoms with E-state index in [2.05, 4.69) is 4.98 Å². The number of methoxy groups -OCH3 is 1. The maximum absolute atomic E-state index is 13.0. The maximum atomic E-state index is 13.0. The van der Waals surface area contributed by atoms with Crippen LogP contribution in [-0.4, -0.2) is 48.2 Å². The summed E-state index contributed by atoms with van der Waals surface area (Å²) in [5, 5.41) is 0. The van der Waals surface area contributed by atoms with E-state index in [4.69, 9.17) is 9.47 Å². The van der Waals surface area contributed by atoms with Crippen LogP contribution in [0.15, 0.2) is 48.7 Å². The molecular weight excluding hydrogens is 323 g/mol. The zero-order chi connectivity index (χ0) is 17.7. The predicted octanol–water partition coefficient (Wildman–Crippen LogP) is 2.46. The Kier molecular flexibility index (Phi) is 5.28. The SMILES string of the molecule is COC1(COc2ccc(F)cc2)CCN(C(=O)Cc2ccccn2)C1. The van der Waals surface area contributed by atoms with Gasteiger partial charge in [-0.3, -0.25) is 9.78 Å². The van der Waals surface area contributed by atoms with Crippen molar-refractivity contribution in [3.8, 4) is 5.75 Å². The Morgan fingerprint density at radius 3 is 2.76 bits per heavy atom. The average Bonchev–Trinajstić information content (AvgIpc) is 3.07. The van der Waals surface area contributed by atoms with Gasteiger partial charge in [-0.1, -0.05) is 6.07 Å². The van der Waals surface area contributed by atoms with E-state index in [-0.39, 0.29) is 18.1 Å².